The van der Waals surface area contributed by atoms with Gasteiger partial charge in [-0.05, 0) is 80.8 Å². The Morgan fingerprint density at radius 2 is 1.83 bits per heavy atom. The van der Waals surface area contributed by atoms with Crippen LogP contribution in [0.5, 0.6) is 5.75 Å². The van der Waals surface area contributed by atoms with E-state index in [1.807, 2.05) is 6.07 Å². The van der Waals surface area contributed by atoms with Crippen molar-refractivity contribution in [2.24, 2.45) is 0 Å². The van der Waals surface area contributed by atoms with Crippen LogP contribution in [0.4, 0.5) is 16.4 Å². The number of benzene rings is 3. The third-order valence-electron chi connectivity index (χ3n) is 7.09. The number of para-hydroxylation sites is 1. The molecule has 13 nitrogen and oxygen atoms in total. The summed E-state index contributed by atoms with van der Waals surface area (Å²) in [5.41, 5.74) is 7.71. The highest BCUT2D eigenvalue weighted by molar-refractivity contribution is 7.96. The van der Waals surface area contributed by atoms with Crippen LogP contribution < -0.4 is 31.4 Å². The summed E-state index contributed by atoms with van der Waals surface area (Å²) >= 11 is 0. The van der Waals surface area contributed by atoms with E-state index in [-0.39, 0.29) is 41.1 Å². The van der Waals surface area contributed by atoms with Gasteiger partial charge in [-0.2, -0.15) is 0 Å². The number of alkyl carbamates (subject to hydrolysis) is 1. The molecule has 4 aromatic rings. The summed E-state index contributed by atoms with van der Waals surface area (Å²) in [5.74, 6) is 0.567. The smallest absolute Gasteiger partial charge is 0.407 e. The van der Waals surface area contributed by atoms with Crippen molar-refractivity contribution < 1.29 is 27.4 Å². The van der Waals surface area contributed by atoms with Gasteiger partial charge in [0.25, 0.3) is 15.6 Å². The van der Waals surface area contributed by atoms with E-state index in [1.165, 1.54) is 17.8 Å². The van der Waals surface area contributed by atoms with Crippen molar-refractivity contribution >= 4 is 44.2 Å². The Morgan fingerprint density at radius 3 is 2.56 bits per heavy atom. The average Bonchev–Trinajstić information content (AvgIpc) is 3.04. The monoisotopic (exact) mass is 674 g/mol. The van der Waals surface area contributed by atoms with Crippen molar-refractivity contribution in [1.82, 2.24) is 20.2 Å². The molecule has 48 heavy (non-hydrogen) atoms. The number of carbonyl (C=O) groups is 1. The van der Waals surface area contributed by atoms with Crippen LogP contribution >= 0.6 is 0 Å². The second-order valence-corrected chi connectivity index (χ2v) is 13.5. The lowest BCUT2D eigenvalue weighted by molar-refractivity contribution is 0.0525. The molecule has 252 valence electrons. The number of nitrogens with one attached hydrogen (secondary N) is 3. The fourth-order valence-corrected chi connectivity index (χ4v) is 6.19. The van der Waals surface area contributed by atoms with Gasteiger partial charge >= 0.3 is 6.09 Å². The molecule has 0 fully saturated rings. The molecule has 5 N–H and O–H groups in total. The maximum absolute atomic E-state index is 13.7. The Morgan fingerprint density at radius 1 is 1.06 bits per heavy atom. The van der Waals surface area contributed by atoms with Gasteiger partial charge in [0.15, 0.2) is 0 Å². The number of hydrogen-bond donors (Lipinski definition) is 4. The molecule has 0 saturated carbocycles. The van der Waals surface area contributed by atoms with E-state index in [4.69, 9.17) is 19.9 Å². The third kappa shape index (κ3) is 8.07. The Kier molecular flexibility index (Phi) is 9.94. The maximum atomic E-state index is 13.7. The standard InChI is InChI=1S/C34H38N6O7S/c1-34(2,3)47-33(42)36-16-9-17-46-26-13-8-10-24(20-26)39-48(43,44)29-19-23(21-37-30(29)45-4)22-14-15-28-27(18-22)31(41)40(32(35)38-28)25-11-6-5-7-12-25/h5-8,10-15,18-20,37,39H,9,16-17,21H2,1-4H3,(H2,35,38)(H,36,42). The Labute approximate surface area is 278 Å². The minimum absolute atomic E-state index is 0.0572. The molecular formula is C34H38N6O7S. The van der Waals surface area contributed by atoms with Crippen molar-refractivity contribution in [3.05, 3.63) is 106 Å². The number of amides is 1. The number of ether oxygens (including phenoxy) is 3. The molecule has 0 unspecified atom stereocenters. The number of nitrogens with two attached hydrogens (primary N) is 1. The van der Waals surface area contributed by atoms with Crippen LogP contribution in [0.2, 0.25) is 0 Å². The first-order valence-electron chi connectivity index (χ1n) is 15.2. The molecular weight excluding hydrogens is 636 g/mol. The van der Waals surface area contributed by atoms with Crippen LogP contribution in [0.1, 0.15) is 32.8 Å². The predicted octanol–water partition coefficient (Wildman–Crippen LogP) is 4.51. The highest BCUT2D eigenvalue weighted by atomic mass is 32.2. The first kappa shape index (κ1) is 33.9. The van der Waals surface area contributed by atoms with Crippen LogP contribution in [0.3, 0.4) is 0 Å². The molecule has 1 aliphatic rings. The maximum Gasteiger partial charge on any atom is 0.407 e. The molecule has 0 spiro atoms. The fourth-order valence-electron chi connectivity index (χ4n) is 4.95. The molecule has 14 heteroatoms. The van der Waals surface area contributed by atoms with E-state index >= 15 is 0 Å². The normalized spacial score (nSPS) is 13.4. The van der Waals surface area contributed by atoms with E-state index < -0.39 is 21.7 Å². The van der Waals surface area contributed by atoms with Crippen molar-refractivity contribution in [3.8, 4) is 11.4 Å². The van der Waals surface area contributed by atoms with Gasteiger partial charge < -0.3 is 30.6 Å². The number of allylic oxidation sites excluding steroid dienone is 1. The van der Waals surface area contributed by atoms with Gasteiger partial charge in [-0.25, -0.2) is 22.8 Å². The zero-order chi connectivity index (χ0) is 34.5. The van der Waals surface area contributed by atoms with E-state index in [9.17, 15) is 18.0 Å². The molecule has 3 aromatic carbocycles. The molecule has 5 rings (SSSR count). The van der Waals surface area contributed by atoms with Gasteiger partial charge in [0.05, 0.1) is 36.0 Å². The van der Waals surface area contributed by atoms with Gasteiger partial charge in [0.1, 0.15) is 16.3 Å². The molecule has 0 bridgehead atoms. The van der Waals surface area contributed by atoms with E-state index in [0.29, 0.717) is 46.4 Å². The number of nitrogens with zero attached hydrogens (tertiary/aromatic N) is 2. The largest absolute Gasteiger partial charge is 0.493 e. The third-order valence-corrected chi connectivity index (χ3v) is 8.47. The quantitative estimate of drug-likeness (QED) is 0.166. The summed E-state index contributed by atoms with van der Waals surface area (Å²) in [5, 5.41) is 6.02. The minimum atomic E-state index is -4.15. The summed E-state index contributed by atoms with van der Waals surface area (Å²) in [6.45, 7) is 6.24. The zero-order valence-corrected chi connectivity index (χ0v) is 27.9. The molecule has 0 atom stereocenters. The summed E-state index contributed by atoms with van der Waals surface area (Å²) in [4.78, 5) is 29.6. The number of aromatic nitrogens is 2. The number of carbonyl (C=O) groups excluding carboxylic acids is 1. The second-order valence-electron chi connectivity index (χ2n) is 11.9. The van der Waals surface area contributed by atoms with E-state index in [1.54, 1.807) is 87.5 Å². The lowest BCUT2D eigenvalue weighted by Gasteiger charge is -2.22. The van der Waals surface area contributed by atoms with Crippen LogP contribution in [0.15, 0.2) is 94.5 Å². The number of anilines is 2. The van der Waals surface area contributed by atoms with Crippen molar-refractivity contribution in [1.29, 1.82) is 0 Å². The number of dihydropyridines is 1. The average molecular weight is 675 g/mol. The fraction of sp³-hybridized carbons (Fsp3) is 0.265. The number of rotatable bonds is 11. The molecule has 0 aliphatic carbocycles. The second kappa shape index (κ2) is 14.1. The predicted molar refractivity (Wildman–Crippen MR) is 185 cm³/mol. The number of nitrogen functional groups attached to an aromatic ring is 1. The molecule has 1 aliphatic heterocycles. The highest BCUT2D eigenvalue weighted by Gasteiger charge is 2.27. The summed E-state index contributed by atoms with van der Waals surface area (Å²) in [6.07, 6.45) is 1.51. The van der Waals surface area contributed by atoms with Gasteiger partial charge in [0, 0.05) is 19.2 Å². The van der Waals surface area contributed by atoms with Crippen molar-refractivity contribution in [3.63, 3.8) is 0 Å². The first-order valence-corrected chi connectivity index (χ1v) is 16.7. The Hall–Kier alpha value is -5.50. The first-order chi connectivity index (χ1) is 22.8. The van der Waals surface area contributed by atoms with Crippen LogP contribution in [0.25, 0.3) is 22.2 Å². The molecule has 0 radical (unpaired) electrons. The van der Waals surface area contributed by atoms with Gasteiger partial charge in [0.2, 0.25) is 11.8 Å². The van der Waals surface area contributed by atoms with Crippen molar-refractivity contribution in [2.45, 2.75) is 32.8 Å². The number of methoxy groups -OCH3 is 1. The van der Waals surface area contributed by atoms with Gasteiger partial charge in [-0.15, -0.1) is 0 Å². The van der Waals surface area contributed by atoms with E-state index in [0.717, 1.165) is 0 Å². The summed E-state index contributed by atoms with van der Waals surface area (Å²) in [7, 11) is -2.78. The lowest BCUT2D eigenvalue weighted by Crippen LogP contribution is -2.33. The van der Waals surface area contributed by atoms with Gasteiger partial charge in [-0.1, -0.05) is 30.3 Å². The van der Waals surface area contributed by atoms with Crippen LogP contribution in [0, 0.1) is 0 Å². The van der Waals surface area contributed by atoms with Gasteiger partial charge in [-0.3, -0.25) is 9.52 Å². The summed E-state index contributed by atoms with van der Waals surface area (Å²) < 4.78 is 47.6. The SMILES string of the molecule is COC1=C(S(=O)(=O)Nc2cccc(OCCCNC(=O)OC(C)(C)C)c2)C=C(c2ccc3nc(N)n(-c4ccccc4)c(=O)c3c2)CN1. The molecule has 1 amide bonds. The Balaban J connectivity index is 1.33. The minimum Gasteiger partial charge on any atom is -0.493 e. The number of hydrogen-bond acceptors (Lipinski definition) is 10. The molecule has 2 heterocycles. The molecule has 1 aromatic heterocycles. The molecule has 0 saturated heterocycles. The topological polar surface area (TPSA) is 176 Å². The Bertz CT molecular complexity index is 2050. The number of sulfonamides is 1. The van der Waals surface area contributed by atoms with E-state index in [2.05, 4.69) is 20.3 Å². The lowest BCUT2D eigenvalue weighted by atomic mass is 10.0. The summed E-state index contributed by atoms with van der Waals surface area (Å²) in [6, 6.07) is 20.6. The number of fused-ring (bicyclic) bond motifs is 1. The highest BCUT2D eigenvalue weighted by Crippen LogP contribution is 2.29. The van der Waals surface area contributed by atoms with Crippen LogP contribution in [-0.4, -0.2) is 56.5 Å². The zero-order valence-electron chi connectivity index (χ0n) is 27.1. The van der Waals surface area contributed by atoms with Crippen LogP contribution in [-0.2, 0) is 19.5 Å². The van der Waals surface area contributed by atoms with Crippen molar-refractivity contribution in [2.75, 3.05) is 37.3 Å².